The molecular weight excluding hydrogens is 629 g/mol. The third-order valence-corrected chi connectivity index (χ3v) is 9.84. The molecule has 10 heteroatoms. The lowest BCUT2D eigenvalue weighted by Crippen LogP contribution is -2.29. The molecule has 4 aromatic rings. The third kappa shape index (κ3) is 6.46. The zero-order chi connectivity index (χ0) is 27.7. The van der Waals surface area contributed by atoms with Crippen molar-refractivity contribution in [2.45, 2.75) is 28.2 Å². The van der Waals surface area contributed by atoms with E-state index in [2.05, 4.69) is 0 Å². The lowest BCUT2D eigenvalue weighted by Gasteiger charge is -2.29. The van der Waals surface area contributed by atoms with Gasteiger partial charge in [0, 0.05) is 15.1 Å². The summed E-state index contributed by atoms with van der Waals surface area (Å²) in [5.74, 6) is 0.273. The summed E-state index contributed by atoms with van der Waals surface area (Å²) < 4.78 is 24.8. The van der Waals surface area contributed by atoms with Gasteiger partial charge in [-0.3, -0.25) is 0 Å². The highest BCUT2D eigenvalue weighted by Gasteiger charge is 2.46. The summed E-state index contributed by atoms with van der Waals surface area (Å²) in [5.41, 5.74) is 0.846. The van der Waals surface area contributed by atoms with Crippen LogP contribution < -0.4 is 0 Å². The zero-order valence-electron chi connectivity index (χ0n) is 19.5. The standard InChI is InChI=1S/C16H14Cl2O.C12H6Cl4O2S/c17-14-7-3-12(4-8-14)16(19,11-1-2-11)13-5-9-15(18)10-6-13;13-7-1-3-8(4-2-7)19(17,18)12-6-10(15)9(14)5-11(12)16/h3-11,19H,1-2H2;1-6H. The van der Waals surface area contributed by atoms with Crippen LogP contribution in [-0.2, 0) is 15.4 Å². The van der Waals surface area contributed by atoms with Crippen LogP contribution in [0.4, 0.5) is 0 Å². The average Bonchev–Trinajstić information content (AvgIpc) is 3.73. The van der Waals surface area contributed by atoms with Gasteiger partial charge in [0.1, 0.15) is 5.60 Å². The van der Waals surface area contributed by atoms with Crippen LogP contribution in [-0.4, -0.2) is 13.5 Å². The normalized spacial score (nSPS) is 13.6. The molecule has 0 saturated heterocycles. The van der Waals surface area contributed by atoms with E-state index in [0.717, 1.165) is 24.0 Å². The van der Waals surface area contributed by atoms with Crippen LogP contribution in [0.5, 0.6) is 0 Å². The van der Waals surface area contributed by atoms with E-state index < -0.39 is 15.4 Å². The maximum absolute atomic E-state index is 12.4. The summed E-state index contributed by atoms with van der Waals surface area (Å²) in [4.78, 5) is -0.0110. The van der Waals surface area contributed by atoms with E-state index in [1.165, 1.54) is 36.4 Å². The van der Waals surface area contributed by atoms with Gasteiger partial charge in [0.25, 0.3) is 0 Å². The van der Waals surface area contributed by atoms with Crippen LogP contribution in [0.1, 0.15) is 24.0 Å². The second kappa shape index (κ2) is 12.0. The summed E-state index contributed by atoms with van der Waals surface area (Å²) >= 11 is 35.1. The molecule has 0 bridgehead atoms. The first-order valence-corrected chi connectivity index (χ1v) is 15.1. The molecule has 1 saturated carbocycles. The smallest absolute Gasteiger partial charge is 0.208 e. The molecular formula is C28H20Cl6O3S. The maximum Gasteiger partial charge on any atom is 0.208 e. The molecule has 0 aliphatic heterocycles. The van der Waals surface area contributed by atoms with Crippen molar-refractivity contribution < 1.29 is 13.5 Å². The van der Waals surface area contributed by atoms with Crippen LogP contribution in [0, 0.1) is 5.92 Å². The molecule has 0 atom stereocenters. The number of hydrogen-bond acceptors (Lipinski definition) is 3. The molecule has 0 unspecified atom stereocenters. The molecule has 3 nitrogen and oxygen atoms in total. The highest BCUT2D eigenvalue weighted by atomic mass is 35.5. The summed E-state index contributed by atoms with van der Waals surface area (Å²) in [6, 6.07) is 23.2. The van der Waals surface area contributed by atoms with E-state index in [1.54, 1.807) is 0 Å². The van der Waals surface area contributed by atoms with Crippen molar-refractivity contribution in [1.82, 2.24) is 0 Å². The Morgan fingerprint density at radius 2 is 1.00 bits per heavy atom. The van der Waals surface area contributed by atoms with Crippen molar-refractivity contribution in [3.8, 4) is 0 Å². The quantitative estimate of drug-likeness (QED) is 0.219. The van der Waals surface area contributed by atoms with Gasteiger partial charge in [-0.15, -0.1) is 0 Å². The first-order chi connectivity index (χ1) is 17.9. The first-order valence-electron chi connectivity index (χ1n) is 11.3. The molecule has 1 fully saturated rings. The lowest BCUT2D eigenvalue weighted by atomic mass is 9.82. The number of halogens is 6. The van der Waals surface area contributed by atoms with E-state index in [0.29, 0.717) is 15.1 Å². The van der Waals surface area contributed by atoms with Gasteiger partial charge in [-0.2, -0.15) is 0 Å². The number of aliphatic hydroxyl groups is 1. The Morgan fingerprint density at radius 3 is 1.42 bits per heavy atom. The average molecular weight is 649 g/mol. The van der Waals surface area contributed by atoms with Crippen molar-refractivity contribution in [1.29, 1.82) is 0 Å². The fourth-order valence-electron chi connectivity index (χ4n) is 4.00. The molecule has 4 aromatic carbocycles. The second-order valence-electron chi connectivity index (χ2n) is 8.71. The molecule has 1 aliphatic rings. The van der Waals surface area contributed by atoms with Crippen LogP contribution in [0.2, 0.25) is 30.1 Å². The molecule has 0 spiro atoms. The largest absolute Gasteiger partial charge is 0.380 e. The third-order valence-electron chi connectivity index (χ3n) is 6.13. The summed E-state index contributed by atoms with van der Waals surface area (Å²) in [5, 5.41) is 13.3. The second-order valence-corrected chi connectivity index (χ2v) is 13.2. The minimum atomic E-state index is -3.76. The van der Waals surface area contributed by atoms with Gasteiger partial charge in [-0.1, -0.05) is 93.9 Å². The Bertz CT molecular complexity index is 1490. The predicted octanol–water partition coefficient (Wildman–Crippen LogP) is 9.77. The van der Waals surface area contributed by atoms with Crippen LogP contribution in [0.15, 0.2) is 94.7 Å². The Hall–Kier alpha value is -1.47. The highest BCUT2D eigenvalue weighted by Crippen LogP contribution is 2.49. The van der Waals surface area contributed by atoms with Gasteiger partial charge in [0.2, 0.25) is 9.84 Å². The van der Waals surface area contributed by atoms with Crippen molar-refractivity contribution >= 4 is 79.4 Å². The number of sulfone groups is 1. The highest BCUT2D eigenvalue weighted by molar-refractivity contribution is 7.91. The SMILES string of the molecule is O=S(=O)(c1ccc(Cl)cc1)c1cc(Cl)c(Cl)cc1Cl.OC(c1ccc(Cl)cc1)(c1ccc(Cl)cc1)C1CC1. The molecule has 5 rings (SSSR count). The molecule has 1 N–H and O–H groups in total. The van der Waals surface area contributed by atoms with Crippen LogP contribution in [0.3, 0.4) is 0 Å². The van der Waals surface area contributed by atoms with Gasteiger partial charge < -0.3 is 5.11 Å². The van der Waals surface area contributed by atoms with Crippen molar-refractivity contribution in [2.75, 3.05) is 0 Å². The molecule has 198 valence electrons. The van der Waals surface area contributed by atoms with Crippen LogP contribution >= 0.6 is 69.6 Å². The van der Waals surface area contributed by atoms with Gasteiger partial charge in [-0.05, 0) is 90.6 Å². The summed E-state index contributed by atoms with van der Waals surface area (Å²) in [7, 11) is -3.76. The molecule has 0 radical (unpaired) electrons. The van der Waals surface area contributed by atoms with E-state index in [9.17, 15) is 13.5 Å². The number of rotatable bonds is 5. The fourth-order valence-corrected chi connectivity index (χ4v) is 6.63. The number of hydrogen-bond donors (Lipinski definition) is 1. The monoisotopic (exact) mass is 646 g/mol. The van der Waals surface area contributed by atoms with Crippen molar-refractivity contribution in [3.05, 3.63) is 126 Å². The molecule has 1 aliphatic carbocycles. The predicted molar refractivity (Wildman–Crippen MR) is 157 cm³/mol. The Labute approximate surface area is 251 Å². The van der Waals surface area contributed by atoms with E-state index in [4.69, 9.17) is 69.6 Å². The van der Waals surface area contributed by atoms with Crippen LogP contribution in [0.25, 0.3) is 0 Å². The maximum atomic E-state index is 12.4. The van der Waals surface area contributed by atoms with Gasteiger partial charge in [0.05, 0.1) is 24.9 Å². The van der Waals surface area contributed by atoms with Crippen molar-refractivity contribution in [2.24, 2.45) is 5.92 Å². The molecule has 0 aromatic heterocycles. The lowest BCUT2D eigenvalue weighted by molar-refractivity contribution is 0.0564. The van der Waals surface area contributed by atoms with Gasteiger partial charge in [0.15, 0.2) is 0 Å². The molecule has 38 heavy (non-hydrogen) atoms. The topological polar surface area (TPSA) is 54.4 Å². The number of benzene rings is 4. The minimum Gasteiger partial charge on any atom is -0.380 e. The summed E-state index contributed by atoms with van der Waals surface area (Å²) in [6.07, 6.45) is 2.09. The molecule has 0 heterocycles. The van der Waals surface area contributed by atoms with Gasteiger partial charge >= 0.3 is 0 Å². The molecule has 0 amide bonds. The first kappa shape index (κ1) is 29.5. The Kier molecular flexibility index (Phi) is 9.28. The zero-order valence-corrected chi connectivity index (χ0v) is 24.9. The van der Waals surface area contributed by atoms with Gasteiger partial charge in [-0.25, -0.2) is 8.42 Å². The summed E-state index contributed by atoms with van der Waals surface area (Å²) in [6.45, 7) is 0. The Morgan fingerprint density at radius 1 is 0.605 bits per heavy atom. The fraction of sp³-hybridized carbons (Fsp3) is 0.143. The van der Waals surface area contributed by atoms with E-state index in [-0.39, 0.29) is 30.8 Å². The Balaban J connectivity index is 0.000000177. The minimum absolute atomic E-state index is 0.0179. The van der Waals surface area contributed by atoms with Crippen molar-refractivity contribution in [3.63, 3.8) is 0 Å². The van der Waals surface area contributed by atoms with E-state index in [1.807, 2.05) is 48.5 Å². The van der Waals surface area contributed by atoms with E-state index >= 15 is 0 Å².